The van der Waals surface area contributed by atoms with Gasteiger partial charge in [0.05, 0.1) is 12.7 Å². The van der Waals surface area contributed by atoms with Crippen LogP contribution in [0.5, 0.6) is 0 Å². The number of anilines is 1. The molecule has 0 saturated carbocycles. The molecule has 0 aromatic heterocycles. The lowest BCUT2D eigenvalue weighted by Gasteiger charge is -2.13. The Morgan fingerprint density at radius 1 is 1.32 bits per heavy atom. The molecule has 6 heteroatoms. The van der Waals surface area contributed by atoms with Crippen LogP contribution in [-0.4, -0.2) is 43.4 Å². The van der Waals surface area contributed by atoms with E-state index in [1.165, 1.54) is 25.1 Å². The molecule has 0 unspecified atom stereocenters. The summed E-state index contributed by atoms with van der Waals surface area (Å²) >= 11 is 0. The minimum atomic E-state index is -0.744. The summed E-state index contributed by atoms with van der Waals surface area (Å²) in [5.74, 6) is -1.88. The zero-order valence-electron chi connectivity index (χ0n) is 11.1. The molecule has 0 atom stereocenters. The summed E-state index contributed by atoms with van der Waals surface area (Å²) in [5.41, 5.74) is 0.669. The van der Waals surface area contributed by atoms with Crippen LogP contribution in [-0.2, 0) is 14.3 Å². The van der Waals surface area contributed by atoms with E-state index < -0.39 is 17.8 Å². The minimum Gasteiger partial charge on any atom is -0.465 e. The Morgan fingerprint density at radius 2 is 2.00 bits per heavy atom. The second kappa shape index (κ2) is 6.53. The summed E-state index contributed by atoms with van der Waals surface area (Å²) in [5, 5.41) is 2.44. The van der Waals surface area contributed by atoms with Gasteiger partial charge in [-0.1, -0.05) is 6.07 Å². The first kappa shape index (κ1) is 14.7. The van der Waals surface area contributed by atoms with E-state index in [4.69, 9.17) is 0 Å². The molecule has 1 rings (SSSR count). The summed E-state index contributed by atoms with van der Waals surface area (Å²) in [6.07, 6.45) is 0. The number of likely N-dealkylation sites (N-methyl/N-ethyl adjacent to an activating group) is 1. The maximum atomic E-state index is 11.6. The first-order valence-corrected chi connectivity index (χ1v) is 5.74. The molecule has 0 fully saturated rings. The molecule has 2 amide bonds. The molecule has 0 aliphatic carbocycles. The summed E-state index contributed by atoms with van der Waals surface area (Å²) in [4.78, 5) is 35.8. The lowest BCUT2D eigenvalue weighted by molar-refractivity contribution is -0.142. The van der Waals surface area contributed by atoms with Crippen molar-refractivity contribution < 1.29 is 19.1 Å². The average Bonchev–Trinajstić information content (AvgIpc) is 2.44. The Balaban J connectivity index is 2.80. The van der Waals surface area contributed by atoms with Gasteiger partial charge in [-0.05, 0) is 25.1 Å². The van der Waals surface area contributed by atoms with Crippen LogP contribution in [0.1, 0.15) is 17.3 Å². The number of carbonyl (C=O) groups is 3. The van der Waals surface area contributed by atoms with Crippen molar-refractivity contribution >= 4 is 23.5 Å². The Labute approximate surface area is 111 Å². The Morgan fingerprint density at radius 3 is 2.58 bits per heavy atom. The van der Waals surface area contributed by atoms with Gasteiger partial charge in [0, 0.05) is 19.3 Å². The van der Waals surface area contributed by atoms with E-state index >= 15 is 0 Å². The molecule has 1 N–H and O–H groups in total. The van der Waals surface area contributed by atoms with Gasteiger partial charge in [0.2, 0.25) is 0 Å². The second-order valence-electron chi connectivity index (χ2n) is 3.85. The number of nitrogens with one attached hydrogen (secondary N) is 1. The Kier molecular flexibility index (Phi) is 5.05. The number of hydrogen-bond acceptors (Lipinski definition) is 4. The highest BCUT2D eigenvalue weighted by molar-refractivity contribution is 6.39. The van der Waals surface area contributed by atoms with Crippen LogP contribution in [0.2, 0.25) is 0 Å². The van der Waals surface area contributed by atoms with E-state index in [9.17, 15) is 14.4 Å². The van der Waals surface area contributed by atoms with Crippen LogP contribution in [0.4, 0.5) is 5.69 Å². The van der Waals surface area contributed by atoms with Gasteiger partial charge in [-0.2, -0.15) is 0 Å². The third-order valence-corrected chi connectivity index (χ3v) is 2.56. The van der Waals surface area contributed by atoms with Crippen LogP contribution in [0.15, 0.2) is 24.3 Å². The topological polar surface area (TPSA) is 75.7 Å². The zero-order chi connectivity index (χ0) is 14.4. The van der Waals surface area contributed by atoms with E-state index in [-0.39, 0.29) is 0 Å². The largest absolute Gasteiger partial charge is 0.465 e. The van der Waals surface area contributed by atoms with Crippen molar-refractivity contribution in [2.24, 2.45) is 0 Å². The van der Waals surface area contributed by atoms with Crippen molar-refractivity contribution in [3.8, 4) is 0 Å². The van der Waals surface area contributed by atoms with E-state index in [2.05, 4.69) is 10.1 Å². The number of methoxy groups -OCH3 is 1. The standard InChI is InChI=1S/C13H16N2O4/c1-4-15(2)12(17)11(16)14-10-7-5-6-9(8-10)13(18)19-3/h5-8H,4H2,1-3H3,(H,14,16). The predicted octanol–water partition coefficient (Wildman–Crippen LogP) is 0.890. The fourth-order valence-corrected chi connectivity index (χ4v) is 1.34. The molecule has 0 aliphatic rings. The van der Waals surface area contributed by atoms with Crippen LogP contribution in [0, 0.1) is 0 Å². The molecule has 0 heterocycles. The fourth-order valence-electron chi connectivity index (χ4n) is 1.34. The number of nitrogens with zero attached hydrogens (tertiary/aromatic N) is 1. The molecular weight excluding hydrogens is 248 g/mol. The quantitative estimate of drug-likeness (QED) is 0.650. The van der Waals surface area contributed by atoms with Crippen molar-refractivity contribution in [3.63, 3.8) is 0 Å². The van der Waals surface area contributed by atoms with Crippen LogP contribution >= 0.6 is 0 Å². The van der Waals surface area contributed by atoms with Gasteiger partial charge >= 0.3 is 17.8 Å². The van der Waals surface area contributed by atoms with E-state index in [0.717, 1.165) is 0 Å². The zero-order valence-corrected chi connectivity index (χ0v) is 11.1. The van der Waals surface area contributed by atoms with Gasteiger partial charge in [0.25, 0.3) is 0 Å². The van der Waals surface area contributed by atoms with Crippen molar-refractivity contribution in [1.82, 2.24) is 4.90 Å². The number of benzene rings is 1. The van der Waals surface area contributed by atoms with Crippen molar-refractivity contribution in [1.29, 1.82) is 0 Å². The molecule has 0 saturated heterocycles. The molecule has 6 nitrogen and oxygen atoms in total. The van der Waals surface area contributed by atoms with Gasteiger partial charge in [0.1, 0.15) is 0 Å². The highest BCUT2D eigenvalue weighted by Gasteiger charge is 2.17. The Bertz CT molecular complexity index is 499. The average molecular weight is 264 g/mol. The number of hydrogen-bond donors (Lipinski definition) is 1. The molecule has 1 aromatic carbocycles. The van der Waals surface area contributed by atoms with E-state index in [0.29, 0.717) is 17.8 Å². The molecule has 0 aliphatic heterocycles. The molecule has 19 heavy (non-hydrogen) atoms. The third-order valence-electron chi connectivity index (χ3n) is 2.56. The highest BCUT2D eigenvalue weighted by atomic mass is 16.5. The summed E-state index contributed by atoms with van der Waals surface area (Å²) in [6, 6.07) is 6.18. The molecule has 0 bridgehead atoms. The number of ether oxygens (including phenoxy) is 1. The number of rotatable bonds is 3. The number of carbonyl (C=O) groups excluding carboxylic acids is 3. The molecular formula is C13H16N2O4. The van der Waals surface area contributed by atoms with Crippen LogP contribution in [0.25, 0.3) is 0 Å². The van der Waals surface area contributed by atoms with Gasteiger partial charge in [0.15, 0.2) is 0 Å². The smallest absolute Gasteiger partial charge is 0.337 e. The van der Waals surface area contributed by atoms with Gasteiger partial charge in [-0.25, -0.2) is 4.79 Å². The minimum absolute atomic E-state index is 0.302. The molecule has 0 radical (unpaired) electrons. The normalized spacial score (nSPS) is 9.63. The van der Waals surface area contributed by atoms with Crippen LogP contribution in [0.3, 0.4) is 0 Å². The first-order valence-electron chi connectivity index (χ1n) is 5.74. The highest BCUT2D eigenvalue weighted by Crippen LogP contribution is 2.11. The summed E-state index contributed by atoms with van der Waals surface area (Å²) in [6.45, 7) is 2.21. The summed E-state index contributed by atoms with van der Waals surface area (Å²) in [7, 11) is 2.81. The van der Waals surface area contributed by atoms with Gasteiger partial charge in [-0.3, -0.25) is 9.59 Å². The van der Waals surface area contributed by atoms with E-state index in [1.807, 2.05) is 0 Å². The second-order valence-corrected chi connectivity index (χ2v) is 3.85. The number of amides is 2. The predicted molar refractivity (Wildman–Crippen MR) is 69.7 cm³/mol. The van der Waals surface area contributed by atoms with Crippen molar-refractivity contribution in [2.45, 2.75) is 6.92 Å². The van der Waals surface area contributed by atoms with Crippen molar-refractivity contribution in [2.75, 3.05) is 26.0 Å². The van der Waals surface area contributed by atoms with Gasteiger partial charge in [-0.15, -0.1) is 0 Å². The summed E-state index contributed by atoms with van der Waals surface area (Å²) < 4.78 is 4.57. The van der Waals surface area contributed by atoms with Gasteiger partial charge < -0.3 is 15.0 Å². The molecule has 1 aromatic rings. The molecule has 102 valence electrons. The maximum Gasteiger partial charge on any atom is 0.337 e. The number of esters is 1. The monoisotopic (exact) mass is 264 g/mol. The third kappa shape index (κ3) is 3.80. The van der Waals surface area contributed by atoms with Crippen molar-refractivity contribution in [3.05, 3.63) is 29.8 Å². The fraction of sp³-hybridized carbons (Fsp3) is 0.308. The lowest BCUT2D eigenvalue weighted by Crippen LogP contribution is -2.36. The first-order chi connectivity index (χ1) is 8.99. The van der Waals surface area contributed by atoms with Crippen LogP contribution < -0.4 is 5.32 Å². The van der Waals surface area contributed by atoms with E-state index in [1.54, 1.807) is 25.1 Å². The lowest BCUT2D eigenvalue weighted by atomic mass is 10.2. The Hall–Kier alpha value is -2.37. The molecule has 0 spiro atoms. The maximum absolute atomic E-state index is 11.6. The SMILES string of the molecule is CCN(C)C(=O)C(=O)Nc1cccc(C(=O)OC)c1.